The number of nitrogens with zero attached hydrogens (tertiary/aromatic N) is 1. The Bertz CT molecular complexity index is 354. The average molecular weight is 205 g/mol. The first kappa shape index (κ1) is 11.4. The number of hydrogen-bond donors (Lipinski definition) is 0. The molecule has 3 nitrogen and oxygen atoms in total. The molecule has 0 aliphatic carbocycles. The second-order valence-electron chi connectivity index (χ2n) is 3.75. The van der Waals surface area contributed by atoms with Crippen LogP contribution in [0.5, 0.6) is 0 Å². The van der Waals surface area contributed by atoms with Gasteiger partial charge in [0, 0.05) is 25.6 Å². The first-order chi connectivity index (χ1) is 7.06. The lowest BCUT2D eigenvalue weighted by Crippen LogP contribution is -2.21. The summed E-state index contributed by atoms with van der Waals surface area (Å²) in [5.41, 5.74) is 1.57. The van der Waals surface area contributed by atoms with Crippen LogP contribution in [0.1, 0.15) is 28.8 Å². The molecule has 0 heterocycles. The third-order valence-electron chi connectivity index (χ3n) is 2.29. The summed E-state index contributed by atoms with van der Waals surface area (Å²) in [4.78, 5) is 23.6. The molecule has 0 fully saturated rings. The second kappa shape index (κ2) is 4.73. The maximum Gasteiger partial charge on any atom is 0.253 e. The van der Waals surface area contributed by atoms with E-state index >= 15 is 0 Å². The third-order valence-corrected chi connectivity index (χ3v) is 2.29. The first-order valence-corrected chi connectivity index (χ1v) is 4.83. The molecule has 0 bridgehead atoms. The van der Waals surface area contributed by atoms with Crippen LogP contribution in [0.4, 0.5) is 0 Å². The zero-order chi connectivity index (χ0) is 11.4. The van der Waals surface area contributed by atoms with E-state index in [4.69, 9.17) is 0 Å². The van der Waals surface area contributed by atoms with Gasteiger partial charge < -0.3 is 9.69 Å². The third kappa shape index (κ3) is 2.65. The molecule has 1 atom stereocenters. The van der Waals surface area contributed by atoms with Gasteiger partial charge in [-0.25, -0.2) is 0 Å². The molecule has 1 unspecified atom stereocenters. The van der Waals surface area contributed by atoms with Crippen molar-refractivity contribution < 1.29 is 9.59 Å². The van der Waals surface area contributed by atoms with E-state index in [1.54, 1.807) is 26.2 Å². The summed E-state index contributed by atoms with van der Waals surface area (Å²) in [7, 11) is 3.43. The summed E-state index contributed by atoms with van der Waals surface area (Å²) < 4.78 is 0. The maximum atomic E-state index is 11.6. The normalized spacial score (nSPS) is 11.9. The fourth-order valence-corrected chi connectivity index (χ4v) is 1.27. The van der Waals surface area contributed by atoms with Crippen molar-refractivity contribution in [3.8, 4) is 0 Å². The van der Waals surface area contributed by atoms with Gasteiger partial charge >= 0.3 is 0 Å². The molecule has 0 aromatic heterocycles. The highest BCUT2D eigenvalue weighted by Gasteiger charge is 2.08. The second-order valence-corrected chi connectivity index (χ2v) is 3.75. The van der Waals surface area contributed by atoms with Crippen LogP contribution in [-0.4, -0.2) is 31.2 Å². The molecule has 0 aliphatic heterocycles. The van der Waals surface area contributed by atoms with Crippen molar-refractivity contribution in [2.24, 2.45) is 0 Å². The van der Waals surface area contributed by atoms with Gasteiger partial charge in [0.25, 0.3) is 5.91 Å². The summed E-state index contributed by atoms with van der Waals surface area (Å²) in [5.74, 6) is -0.145. The number of carbonyl (C=O) groups excluding carboxylic acids is 2. The Labute approximate surface area is 89.7 Å². The van der Waals surface area contributed by atoms with E-state index in [2.05, 4.69) is 0 Å². The number of hydrogen-bond acceptors (Lipinski definition) is 2. The van der Waals surface area contributed by atoms with E-state index in [0.717, 1.165) is 11.8 Å². The van der Waals surface area contributed by atoms with Gasteiger partial charge in [-0.2, -0.15) is 0 Å². The van der Waals surface area contributed by atoms with E-state index in [-0.39, 0.29) is 11.8 Å². The highest BCUT2D eigenvalue weighted by Crippen LogP contribution is 2.14. The molecule has 1 aromatic rings. The highest BCUT2D eigenvalue weighted by atomic mass is 16.2. The standard InChI is InChI=1S/C12H15NO2/c1-9(8-14)10-4-6-11(7-5-10)12(15)13(2)3/h4-9H,1-3H3. The van der Waals surface area contributed by atoms with E-state index in [9.17, 15) is 9.59 Å². The van der Waals surface area contributed by atoms with Gasteiger partial charge in [0.1, 0.15) is 6.29 Å². The van der Waals surface area contributed by atoms with Gasteiger partial charge in [0.15, 0.2) is 0 Å². The Morgan fingerprint density at radius 1 is 1.27 bits per heavy atom. The molecule has 15 heavy (non-hydrogen) atoms. The van der Waals surface area contributed by atoms with Crippen LogP contribution >= 0.6 is 0 Å². The Kier molecular flexibility index (Phi) is 3.61. The van der Waals surface area contributed by atoms with Crippen molar-refractivity contribution in [1.82, 2.24) is 4.90 Å². The molecule has 0 spiro atoms. The van der Waals surface area contributed by atoms with Crippen molar-refractivity contribution in [2.75, 3.05) is 14.1 Å². The largest absolute Gasteiger partial charge is 0.345 e. The van der Waals surface area contributed by atoms with Crippen LogP contribution in [0.2, 0.25) is 0 Å². The van der Waals surface area contributed by atoms with Crippen molar-refractivity contribution >= 4 is 12.2 Å². The van der Waals surface area contributed by atoms with Crippen LogP contribution in [0.15, 0.2) is 24.3 Å². The van der Waals surface area contributed by atoms with Gasteiger partial charge in [0.05, 0.1) is 0 Å². The van der Waals surface area contributed by atoms with E-state index in [1.165, 1.54) is 4.90 Å². The van der Waals surface area contributed by atoms with E-state index < -0.39 is 0 Å². The van der Waals surface area contributed by atoms with Crippen LogP contribution < -0.4 is 0 Å². The van der Waals surface area contributed by atoms with Crippen molar-refractivity contribution in [3.63, 3.8) is 0 Å². The Hall–Kier alpha value is -1.64. The van der Waals surface area contributed by atoms with Crippen molar-refractivity contribution in [2.45, 2.75) is 12.8 Å². The Morgan fingerprint density at radius 2 is 1.80 bits per heavy atom. The monoisotopic (exact) mass is 205 g/mol. The molecule has 0 saturated heterocycles. The lowest BCUT2D eigenvalue weighted by molar-refractivity contribution is -0.108. The van der Waals surface area contributed by atoms with Gasteiger partial charge in [-0.05, 0) is 17.7 Å². The lowest BCUT2D eigenvalue weighted by Gasteiger charge is -2.11. The van der Waals surface area contributed by atoms with E-state index in [0.29, 0.717) is 5.56 Å². The number of carbonyl (C=O) groups is 2. The number of benzene rings is 1. The minimum Gasteiger partial charge on any atom is -0.345 e. The van der Waals surface area contributed by atoms with Crippen LogP contribution in [0.25, 0.3) is 0 Å². The molecule has 1 rings (SSSR count). The molecule has 0 N–H and O–H groups in total. The Balaban J connectivity index is 2.90. The average Bonchev–Trinajstić information content (AvgIpc) is 2.27. The van der Waals surface area contributed by atoms with Crippen LogP contribution in [0, 0.1) is 0 Å². The van der Waals surface area contributed by atoms with Gasteiger partial charge in [0.2, 0.25) is 0 Å². The lowest BCUT2D eigenvalue weighted by atomic mass is 10.0. The first-order valence-electron chi connectivity index (χ1n) is 4.83. The topological polar surface area (TPSA) is 37.4 Å². The SMILES string of the molecule is CC(C=O)c1ccc(C(=O)N(C)C)cc1. The minimum atomic E-state index is -0.117. The van der Waals surface area contributed by atoms with Crippen LogP contribution in [0.3, 0.4) is 0 Å². The summed E-state index contributed by atoms with van der Waals surface area (Å²) in [6, 6.07) is 7.13. The maximum absolute atomic E-state index is 11.6. The molecule has 80 valence electrons. The van der Waals surface area contributed by atoms with Gasteiger partial charge in [-0.3, -0.25) is 4.79 Å². The zero-order valence-electron chi connectivity index (χ0n) is 9.23. The molecule has 1 aromatic carbocycles. The van der Waals surface area contributed by atoms with Gasteiger partial charge in [-0.15, -0.1) is 0 Å². The number of aldehydes is 1. The smallest absolute Gasteiger partial charge is 0.253 e. The number of amides is 1. The molecular formula is C12H15NO2. The molecule has 0 saturated carbocycles. The molecular weight excluding hydrogens is 190 g/mol. The minimum absolute atomic E-state index is 0.0275. The van der Waals surface area contributed by atoms with Gasteiger partial charge in [-0.1, -0.05) is 19.1 Å². The summed E-state index contributed by atoms with van der Waals surface area (Å²) in [5, 5.41) is 0. The van der Waals surface area contributed by atoms with Crippen LogP contribution in [-0.2, 0) is 4.79 Å². The van der Waals surface area contributed by atoms with Crippen molar-refractivity contribution in [1.29, 1.82) is 0 Å². The highest BCUT2D eigenvalue weighted by molar-refractivity contribution is 5.93. The summed E-state index contributed by atoms with van der Waals surface area (Å²) in [6.07, 6.45) is 0.892. The molecule has 0 aliphatic rings. The quantitative estimate of drug-likeness (QED) is 0.704. The fourth-order valence-electron chi connectivity index (χ4n) is 1.27. The van der Waals surface area contributed by atoms with E-state index in [1.807, 2.05) is 19.1 Å². The predicted molar refractivity (Wildman–Crippen MR) is 58.9 cm³/mol. The fraction of sp³-hybridized carbons (Fsp3) is 0.333. The molecule has 3 heteroatoms. The molecule has 1 amide bonds. The van der Waals surface area contributed by atoms with Crippen molar-refractivity contribution in [3.05, 3.63) is 35.4 Å². The zero-order valence-corrected chi connectivity index (χ0v) is 9.23. The molecule has 0 radical (unpaired) electrons. The number of rotatable bonds is 3. The summed E-state index contributed by atoms with van der Waals surface area (Å²) in [6.45, 7) is 1.83. The predicted octanol–water partition coefficient (Wildman–Crippen LogP) is 1.69. The summed E-state index contributed by atoms with van der Waals surface area (Å²) >= 11 is 0. The Morgan fingerprint density at radius 3 is 2.20 bits per heavy atom.